The Morgan fingerprint density at radius 1 is 1.62 bits per heavy atom. The van der Waals surface area contributed by atoms with Crippen LogP contribution >= 0.6 is 0 Å². The van der Waals surface area contributed by atoms with Gasteiger partial charge < -0.3 is 14.6 Å². The highest BCUT2D eigenvalue weighted by Gasteiger charge is 2.24. The molecule has 0 spiro atoms. The number of hydrogen-bond acceptors (Lipinski definition) is 5. The fourth-order valence-electron chi connectivity index (χ4n) is 1.76. The fourth-order valence-corrected chi connectivity index (χ4v) is 1.76. The molecule has 2 atom stereocenters. The second kappa shape index (κ2) is 5.38. The van der Waals surface area contributed by atoms with Crippen molar-refractivity contribution in [3.8, 4) is 0 Å². The van der Waals surface area contributed by atoms with Crippen molar-refractivity contribution in [2.45, 2.75) is 32.1 Å². The van der Waals surface area contributed by atoms with E-state index in [1.165, 1.54) is 6.33 Å². The van der Waals surface area contributed by atoms with Gasteiger partial charge in [-0.15, -0.1) is 0 Å². The molecule has 0 radical (unpaired) electrons. The van der Waals surface area contributed by atoms with Crippen molar-refractivity contribution in [3.63, 3.8) is 0 Å². The molecule has 1 fully saturated rings. The van der Waals surface area contributed by atoms with Crippen LogP contribution in [0.4, 0.5) is 0 Å². The predicted molar refractivity (Wildman–Crippen MR) is 56.0 cm³/mol. The highest BCUT2D eigenvalue weighted by Crippen LogP contribution is 2.10. The van der Waals surface area contributed by atoms with Gasteiger partial charge in [0.05, 0.1) is 25.9 Å². The van der Waals surface area contributed by atoms with Crippen LogP contribution in [0.15, 0.2) is 6.33 Å². The second-order valence-corrected chi connectivity index (χ2v) is 3.75. The second-order valence-electron chi connectivity index (χ2n) is 3.75. The largest absolute Gasteiger partial charge is 0.390 e. The maximum atomic E-state index is 9.98. The van der Waals surface area contributed by atoms with Gasteiger partial charge >= 0.3 is 0 Å². The van der Waals surface area contributed by atoms with Crippen LogP contribution in [0.5, 0.6) is 0 Å². The van der Waals surface area contributed by atoms with E-state index in [1.54, 1.807) is 4.68 Å². The van der Waals surface area contributed by atoms with E-state index in [1.807, 2.05) is 6.92 Å². The molecule has 2 unspecified atom stereocenters. The predicted octanol–water partition coefficient (Wildman–Crippen LogP) is -0.383. The van der Waals surface area contributed by atoms with Crippen molar-refractivity contribution in [1.29, 1.82) is 0 Å². The molecule has 1 aliphatic rings. The van der Waals surface area contributed by atoms with Crippen LogP contribution < -0.4 is 0 Å². The van der Waals surface area contributed by atoms with E-state index in [2.05, 4.69) is 10.1 Å². The first kappa shape index (κ1) is 11.5. The molecule has 0 bridgehead atoms. The van der Waals surface area contributed by atoms with E-state index in [4.69, 9.17) is 9.47 Å². The molecule has 1 saturated heterocycles. The van der Waals surface area contributed by atoms with Crippen molar-refractivity contribution in [2.75, 3.05) is 19.8 Å². The van der Waals surface area contributed by atoms with Gasteiger partial charge in [0.1, 0.15) is 18.3 Å². The van der Waals surface area contributed by atoms with Crippen LogP contribution in [0.25, 0.3) is 0 Å². The number of nitrogens with zero attached hydrogens (tertiary/aromatic N) is 3. The minimum absolute atomic E-state index is 0.254. The van der Waals surface area contributed by atoms with E-state index >= 15 is 0 Å². The van der Waals surface area contributed by atoms with Gasteiger partial charge in [-0.3, -0.25) is 4.68 Å². The Hall–Kier alpha value is -0.980. The summed E-state index contributed by atoms with van der Waals surface area (Å²) in [6.45, 7) is 4.34. The molecular weight excluding hydrogens is 210 g/mol. The zero-order valence-electron chi connectivity index (χ0n) is 9.37. The van der Waals surface area contributed by atoms with Crippen molar-refractivity contribution in [2.24, 2.45) is 0 Å². The van der Waals surface area contributed by atoms with Gasteiger partial charge in [0, 0.05) is 13.0 Å². The Bertz CT molecular complexity index is 323. The van der Waals surface area contributed by atoms with E-state index in [9.17, 15) is 5.11 Å². The number of ether oxygens (including phenoxy) is 2. The van der Waals surface area contributed by atoms with Crippen LogP contribution in [0.3, 0.4) is 0 Å². The fraction of sp³-hybridized carbons (Fsp3) is 0.800. The van der Waals surface area contributed by atoms with Gasteiger partial charge in [-0.2, -0.15) is 5.10 Å². The summed E-state index contributed by atoms with van der Waals surface area (Å²) in [4.78, 5) is 4.12. The first-order valence-electron chi connectivity index (χ1n) is 5.55. The third kappa shape index (κ3) is 2.58. The molecule has 2 heterocycles. The van der Waals surface area contributed by atoms with Crippen LogP contribution in [0, 0.1) is 0 Å². The average Bonchev–Trinajstić information content (AvgIpc) is 2.77. The summed E-state index contributed by atoms with van der Waals surface area (Å²) in [6.07, 6.45) is 1.11. The number of aliphatic hydroxyl groups excluding tert-OH is 1. The molecule has 0 amide bonds. The molecule has 6 nitrogen and oxygen atoms in total. The molecule has 1 aromatic rings. The standard InChI is InChI=1S/C10H17N3O3/c1-2-13-10(11-7-12-13)5-8(14)9-6-15-3-4-16-9/h7-9,14H,2-6H2,1H3. The van der Waals surface area contributed by atoms with E-state index in [-0.39, 0.29) is 6.10 Å². The third-order valence-electron chi connectivity index (χ3n) is 2.66. The smallest absolute Gasteiger partial charge is 0.138 e. The number of rotatable bonds is 4. The minimum Gasteiger partial charge on any atom is -0.390 e. The highest BCUT2D eigenvalue weighted by atomic mass is 16.6. The SMILES string of the molecule is CCn1ncnc1CC(O)C1COCCO1. The number of aryl methyl sites for hydroxylation is 1. The Morgan fingerprint density at radius 3 is 3.19 bits per heavy atom. The van der Waals surface area contributed by atoms with Gasteiger partial charge in [0.25, 0.3) is 0 Å². The zero-order valence-corrected chi connectivity index (χ0v) is 9.37. The van der Waals surface area contributed by atoms with Crippen LogP contribution in [-0.4, -0.2) is 51.9 Å². The highest BCUT2D eigenvalue weighted by molar-refractivity contribution is 4.90. The first-order valence-corrected chi connectivity index (χ1v) is 5.55. The molecule has 6 heteroatoms. The molecule has 16 heavy (non-hydrogen) atoms. The van der Waals surface area contributed by atoms with Crippen molar-refractivity contribution in [3.05, 3.63) is 12.2 Å². The van der Waals surface area contributed by atoms with Crippen molar-refractivity contribution in [1.82, 2.24) is 14.8 Å². The monoisotopic (exact) mass is 227 g/mol. The molecule has 1 aliphatic heterocycles. The molecular formula is C10H17N3O3. The Kier molecular flexibility index (Phi) is 3.87. The van der Waals surface area contributed by atoms with Gasteiger partial charge in [-0.05, 0) is 6.92 Å². The summed E-state index contributed by atoms with van der Waals surface area (Å²) in [5.74, 6) is 0.782. The van der Waals surface area contributed by atoms with E-state index in [0.29, 0.717) is 26.2 Å². The summed E-state index contributed by atoms with van der Waals surface area (Å²) in [5, 5.41) is 14.0. The Labute approximate surface area is 94.2 Å². The molecule has 2 rings (SSSR count). The maximum absolute atomic E-state index is 9.98. The summed E-state index contributed by atoms with van der Waals surface area (Å²) < 4.78 is 12.5. The Morgan fingerprint density at radius 2 is 2.50 bits per heavy atom. The molecule has 1 aromatic heterocycles. The van der Waals surface area contributed by atoms with Gasteiger partial charge in [-0.1, -0.05) is 0 Å². The van der Waals surface area contributed by atoms with Gasteiger partial charge in [0.2, 0.25) is 0 Å². The van der Waals surface area contributed by atoms with Crippen molar-refractivity contribution < 1.29 is 14.6 Å². The summed E-state index contributed by atoms with van der Waals surface area (Å²) in [6, 6.07) is 0. The van der Waals surface area contributed by atoms with Gasteiger partial charge in [-0.25, -0.2) is 4.98 Å². The van der Waals surface area contributed by atoms with Crippen LogP contribution in [0.1, 0.15) is 12.7 Å². The van der Waals surface area contributed by atoms with Crippen LogP contribution in [0.2, 0.25) is 0 Å². The Balaban J connectivity index is 1.93. The lowest BCUT2D eigenvalue weighted by molar-refractivity contribution is -0.132. The maximum Gasteiger partial charge on any atom is 0.138 e. The molecule has 0 saturated carbocycles. The van der Waals surface area contributed by atoms with Crippen LogP contribution in [-0.2, 0) is 22.4 Å². The number of aromatic nitrogens is 3. The third-order valence-corrected chi connectivity index (χ3v) is 2.66. The molecule has 90 valence electrons. The minimum atomic E-state index is -0.588. The van der Waals surface area contributed by atoms with Gasteiger partial charge in [0.15, 0.2) is 0 Å². The lowest BCUT2D eigenvalue weighted by atomic mass is 10.1. The average molecular weight is 227 g/mol. The number of aliphatic hydroxyl groups is 1. The normalized spacial score (nSPS) is 23.2. The quantitative estimate of drug-likeness (QED) is 0.759. The van der Waals surface area contributed by atoms with E-state index < -0.39 is 6.10 Å². The lowest BCUT2D eigenvalue weighted by Crippen LogP contribution is -2.40. The number of hydrogen-bond donors (Lipinski definition) is 1. The molecule has 0 aromatic carbocycles. The summed E-state index contributed by atoms with van der Waals surface area (Å²) in [5.41, 5.74) is 0. The molecule has 0 aliphatic carbocycles. The van der Waals surface area contributed by atoms with Crippen molar-refractivity contribution >= 4 is 0 Å². The summed E-state index contributed by atoms with van der Waals surface area (Å²) in [7, 11) is 0. The zero-order chi connectivity index (χ0) is 11.4. The van der Waals surface area contributed by atoms with E-state index in [0.717, 1.165) is 12.4 Å². The summed E-state index contributed by atoms with van der Waals surface area (Å²) >= 11 is 0. The lowest BCUT2D eigenvalue weighted by Gasteiger charge is -2.26. The topological polar surface area (TPSA) is 69.4 Å². The first-order chi connectivity index (χ1) is 7.81. The molecule has 1 N–H and O–H groups in total.